The number of hydrogen-bond acceptors (Lipinski definition) is 3. The highest BCUT2D eigenvalue weighted by Crippen LogP contribution is 2.43. The van der Waals surface area contributed by atoms with Gasteiger partial charge in [0.15, 0.2) is 0 Å². The van der Waals surface area contributed by atoms with Crippen LogP contribution in [0.25, 0.3) is 18.8 Å². The lowest BCUT2D eigenvalue weighted by Gasteiger charge is -1.74. The van der Waals surface area contributed by atoms with Gasteiger partial charge in [-0.3, -0.25) is 0 Å². The van der Waals surface area contributed by atoms with E-state index in [-0.39, 0.29) is 0 Å². The van der Waals surface area contributed by atoms with Crippen LogP contribution in [-0.2, 0) is 0 Å². The van der Waals surface area contributed by atoms with Gasteiger partial charge in [-0.15, -0.1) is 34.0 Å². The third-order valence-electron chi connectivity index (χ3n) is 1.76. The third kappa shape index (κ3) is 1.47. The van der Waals surface area contributed by atoms with Crippen molar-refractivity contribution in [1.29, 1.82) is 0 Å². The molecule has 0 spiro atoms. The molecular weight excluding hydrogens is 446 g/mol. The Kier molecular flexibility index (Phi) is 2.36. The second kappa shape index (κ2) is 3.29. The molecule has 13 heavy (non-hydrogen) atoms. The zero-order valence-electron chi connectivity index (χ0n) is 6.14. The monoisotopic (exact) mass is 448 g/mol. The van der Waals surface area contributed by atoms with Gasteiger partial charge < -0.3 is 0 Å². The lowest BCUT2D eigenvalue weighted by atomic mass is 10.5. The molecule has 5 heteroatoms. The van der Waals surface area contributed by atoms with E-state index in [9.17, 15) is 0 Å². The van der Waals surface area contributed by atoms with Crippen molar-refractivity contribution >= 4 is 98.0 Å². The number of thiophene rings is 3. The van der Waals surface area contributed by atoms with E-state index in [4.69, 9.17) is 0 Å². The first-order valence-corrected chi connectivity index (χ1v) is 8.11. The van der Waals surface area contributed by atoms with Crippen LogP contribution in [-0.4, -0.2) is 0 Å². The minimum atomic E-state index is 1.39. The van der Waals surface area contributed by atoms with Crippen LogP contribution in [0.2, 0.25) is 0 Å². The van der Waals surface area contributed by atoms with Gasteiger partial charge in [-0.05, 0) is 57.3 Å². The van der Waals surface area contributed by atoms with E-state index >= 15 is 0 Å². The number of rotatable bonds is 0. The van der Waals surface area contributed by atoms with Crippen LogP contribution >= 0.6 is 79.2 Å². The van der Waals surface area contributed by atoms with Gasteiger partial charge in [-0.25, -0.2) is 0 Å². The zero-order chi connectivity index (χ0) is 9.00. The summed E-state index contributed by atoms with van der Waals surface area (Å²) in [6, 6.07) is 4.57. The topological polar surface area (TPSA) is 0 Å². The summed E-state index contributed by atoms with van der Waals surface area (Å²) in [5, 5.41) is 0. The lowest BCUT2D eigenvalue weighted by Crippen LogP contribution is -1.44. The maximum absolute atomic E-state index is 2.40. The molecule has 3 heterocycles. The fraction of sp³-hybridized carbons (Fsp3) is 0. The smallest absolute Gasteiger partial charge is 0.0674 e. The Morgan fingerprint density at radius 3 is 1.69 bits per heavy atom. The molecule has 0 aliphatic heterocycles. The first-order valence-electron chi connectivity index (χ1n) is 3.51. The Bertz CT molecular complexity index is 536. The summed E-state index contributed by atoms with van der Waals surface area (Å²) in [6.07, 6.45) is 0. The zero-order valence-corrected chi connectivity index (χ0v) is 12.9. The number of fused-ring (bicyclic) bond motifs is 3. The molecule has 0 aliphatic carbocycles. The van der Waals surface area contributed by atoms with Crippen LogP contribution < -0.4 is 0 Å². The predicted molar refractivity (Wildman–Crippen MR) is 80.5 cm³/mol. The molecule has 0 aromatic carbocycles. The van der Waals surface area contributed by atoms with E-state index in [0.717, 1.165) is 0 Å². The van der Waals surface area contributed by atoms with Crippen LogP contribution in [0.1, 0.15) is 0 Å². The van der Waals surface area contributed by atoms with E-state index in [1.165, 1.54) is 24.6 Å². The van der Waals surface area contributed by atoms with E-state index in [2.05, 4.69) is 57.3 Å². The average molecular weight is 448 g/mol. The molecule has 66 valence electrons. The van der Waals surface area contributed by atoms with Gasteiger partial charge in [0.1, 0.15) is 0 Å². The maximum atomic E-state index is 2.40. The molecule has 0 saturated heterocycles. The minimum absolute atomic E-state index is 1.39. The van der Waals surface area contributed by atoms with Gasteiger partial charge in [0, 0.05) is 9.40 Å². The molecule has 0 amide bonds. The van der Waals surface area contributed by atoms with Crippen LogP contribution in [0.4, 0.5) is 0 Å². The summed E-state index contributed by atoms with van der Waals surface area (Å²) in [6.45, 7) is 0. The molecule has 0 nitrogen and oxygen atoms in total. The van der Waals surface area contributed by atoms with E-state index in [1.807, 2.05) is 34.0 Å². The first kappa shape index (κ1) is 9.32. The summed E-state index contributed by atoms with van der Waals surface area (Å²) in [5.74, 6) is 0. The van der Waals surface area contributed by atoms with Crippen molar-refractivity contribution in [2.75, 3.05) is 0 Å². The molecule has 0 atom stereocenters. The van der Waals surface area contributed by atoms with Crippen LogP contribution in [0.3, 0.4) is 0 Å². The predicted octanol–water partition coefficient (Wildman–Crippen LogP) is 5.39. The maximum Gasteiger partial charge on any atom is 0.0674 e. The Morgan fingerprint density at radius 1 is 0.769 bits per heavy atom. The van der Waals surface area contributed by atoms with Crippen molar-refractivity contribution in [3.63, 3.8) is 0 Å². The summed E-state index contributed by atoms with van der Waals surface area (Å²) >= 11 is 10.5. The van der Waals surface area contributed by atoms with E-state index < -0.39 is 0 Å². The molecular formula is C8H2I2S3. The molecule has 0 N–H and O–H groups in total. The average Bonchev–Trinajstić information content (AvgIpc) is 2.60. The molecule has 3 aromatic rings. The fourth-order valence-electron chi connectivity index (χ4n) is 1.28. The second-order valence-electron chi connectivity index (χ2n) is 2.59. The van der Waals surface area contributed by atoms with Crippen molar-refractivity contribution < 1.29 is 0 Å². The first-order chi connectivity index (χ1) is 6.24. The van der Waals surface area contributed by atoms with Crippen molar-refractivity contribution in [2.24, 2.45) is 0 Å². The van der Waals surface area contributed by atoms with Gasteiger partial charge in [0.2, 0.25) is 0 Å². The molecule has 3 rings (SSSR count). The summed E-state index contributed by atoms with van der Waals surface area (Å²) in [5.41, 5.74) is 0. The lowest BCUT2D eigenvalue weighted by molar-refractivity contribution is 2.12. The normalized spacial score (nSPS) is 11.8. The Balaban J connectivity index is 2.56. The van der Waals surface area contributed by atoms with Gasteiger partial charge >= 0.3 is 0 Å². The minimum Gasteiger partial charge on any atom is -0.133 e. The molecule has 0 unspecified atom stereocenters. The second-order valence-corrected chi connectivity index (χ2v) is 9.57. The SMILES string of the molecule is Ic1cc2sc3cc(I)sc3c2s1. The van der Waals surface area contributed by atoms with E-state index in [1.54, 1.807) is 0 Å². The highest BCUT2D eigenvalue weighted by atomic mass is 127. The van der Waals surface area contributed by atoms with Crippen molar-refractivity contribution in [1.82, 2.24) is 0 Å². The Hall–Kier alpha value is 1.08. The van der Waals surface area contributed by atoms with Crippen molar-refractivity contribution in [3.05, 3.63) is 17.9 Å². The van der Waals surface area contributed by atoms with Crippen LogP contribution in [0.15, 0.2) is 12.1 Å². The highest BCUT2D eigenvalue weighted by molar-refractivity contribution is 14.1. The summed E-state index contributed by atoms with van der Waals surface area (Å²) in [4.78, 5) is 0. The number of hydrogen-bond donors (Lipinski definition) is 0. The van der Waals surface area contributed by atoms with Gasteiger partial charge in [0.25, 0.3) is 0 Å². The standard InChI is InChI=1S/C8H2I2S3/c9-5-1-3-7(12-5)8-4(11-3)2-6(10)13-8/h1-2H. The quantitative estimate of drug-likeness (QED) is 0.405. The molecule has 0 bridgehead atoms. The van der Waals surface area contributed by atoms with Crippen LogP contribution in [0.5, 0.6) is 0 Å². The molecule has 0 aliphatic rings. The van der Waals surface area contributed by atoms with Crippen molar-refractivity contribution in [3.8, 4) is 0 Å². The largest absolute Gasteiger partial charge is 0.133 e. The van der Waals surface area contributed by atoms with Gasteiger partial charge in [0.05, 0.1) is 15.2 Å². The molecule has 0 radical (unpaired) electrons. The molecule has 3 aromatic heterocycles. The van der Waals surface area contributed by atoms with Gasteiger partial charge in [-0.1, -0.05) is 0 Å². The van der Waals surface area contributed by atoms with Gasteiger partial charge in [-0.2, -0.15) is 0 Å². The number of halogens is 2. The summed E-state index contributed by atoms with van der Waals surface area (Å²) in [7, 11) is 0. The highest BCUT2D eigenvalue weighted by Gasteiger charge is 2.10. The van der Waals surface area contributed by atoms with E-state index in [0.29, 0.717) is 0 Å². The Morgan fingerprint density at radius 2 is 1.23 bits per heavy atom. The fourth-order valence-corrected chi connectivity index (χ4v) is 7.12. The molecule has 0 saturated carbocycles. The summed E-state index contributed by atoms with van der Waals surface area (Å²) < 4.78 is 8.65. The molecule has 0 fully saturated rings. The Labute approximate surface area is 114 Å². The third-order valence-corrected chi connectivity index (χ3v) is 7.06. The van der Waals surface area contributed by atoms with Crippen molar-refractivity contribution in [2.45, 2.75) is 0 Å². The van der Waals surface area contributed by atoms with Crippen LogP contribution in [0, 0.1) is 5.77 Å².